The monoisotopic (exact) mass is 700 g/mol. The molecule has 258 valence electrons. The van der Waals surface area contributed by atoms with Gasteiger partial charge in [0.2, 0.25) is 0 Å². The van der Waals surface area contributed by atoms with Crippen LogP contribution in [0.25, 0.3) is 83.6 Å². The van der Waals surface area contributed by atoms with Gasteiger partial charge in [0.15, 0.2) is 17.5 Å². The van der Waals surface area contributed by atoms with Crippen LogP contribution in [0.1, 0.15) is 24.0 Å². The molecule has 0 fully saturated rings. The average molecular weight is 701 g/mol. The van der Waals surface area contributed by atoms with Crippen LogP contribution in [-0.4, -0.2) is 20.7 Å². The molecular formula is C46H32N6O2. The van der Waals surface area contributed by atoms with Crippen LogP contribution >= 0.6 is 0 Å². The number of fused-ring (bicyclic) bond motifs is 6. The molecule has 0 bridgehead atoms. The van der Waals surface area contributed by atoms with Gasteiger partial charge in [-0.2, -0.15) is 0 Å². The van der Waals surface area contributed by atoms with Gasteiger partial charge < -0.3 is 20.3 Å². The van der Waals surface area contributed by atoms with Crippen molar-refractivity contribution in [2.45, 2.75) is 12.8 Å². The van der Waals surface area contributed by atoms with E-state index in [0.717, 1.165) is 83.0 Å². The number of para-hydroxylation sites is 1. The fourth-order valence-electron chi connectivity index (χ4n) is 7.46. The third kappa shape index (κ3) is 5.31. The molecule has 9 aromatic rings. The number of aromatic nitrogens is 3. The van der Waals surface area contributed by atoms with E-state index in [2.05, 4.69) is 24.3 Å². The smallest absolute Gasteiger partial charge is 0.164 e. The number of allylic oxidation sites excluding steroid dienone is 2. The molecule has 0 saturated carbocycles. The Balaban J connectivity index is 1.09. The van der Waals surface area contributed by atoms with E-state index < -0.39 is 0 Å². The van der Waals surface area contributed by atoms with Crippen LogP contribution in [0.2, 0.25) is 0 Å². The summed E-state index contributed by atoms with van der Waals surface area (Å²) in [5.41, 5.74) is 23.3. The zero-order chi connectivity index (χ0) is 36.2. The molecule has 0 spiro atoms. The maximum Gasteiger partial charge on any atom is 0.164 e. The SMILES string of the molecule is NC1=C(N)/C(c2ccc3oc4cccc(-c5nc(-c6ccccc6)nc(-c6ccccc6)n5)c4c3c2)=C/CC/C(c2cccc3oc4ccccc4c23)=N\1. The number of nitrogens with two attached hydrogens (primary N) is 2. The Kier molecular flexibility index (Phi) is 7.40. The van der Waals surface area contributed by atoms with E-state index >= 15 is 0 Å². The van der Waals surface area contributed by atoms with Gasteiger partial charge in [-0.25, -0.2) is 19.9 Å². The molecule has 10 rings (SSSR count). The Labute approximate surface area is 309 Å². The number of nitrogens with zero attached hydrogens (tertiary/aromatic N) is 4. The number of benzene rings is 6. The number of aliphatic imine (C=N–C) groups is 1. The van der Waals surface area contributed by atoms with Crippen molar-refractivity contribution in [2.75, 3.05) is 0 Å². The summed E-state index contributed by atoms with van der Waals surface area (Å²) in [6, 6.07) is 46.1. The maximum atomic E-state index is 6.85. The van der Waals surface area contributed by atoms with E-state index in [1.165, 1.54) is 0 Å². The fourth-order valence-corrected chi connectivity index (χ4v) is 7.46. The summed E-state index contributed by atoms with van der Waals surface area (Å²) in [6.45, 7) is 0. The van der Waals surface area contributed by atoms with Crippen molar-refractivity contribution in [1.29, 1.82) is 0 Å². The number of hydrogen-bond acceptors (Lipinski definition) is 8. The standard InChI is InChI=1S/C46H32N6O2/c47-42-30(17-9-20-35(49-43(42)48)31-18-10-22-38-40(31)32-16-7-8-21-36(32)53-38)29-24-25-37-34(26-29)41-33(19-11-23-39(41)54-37)46-51-44(27-12-3-1-4-13-27)50-45(52-46)28-14-5-2-6-15-28/h1-8,10-19,21-26H,9,20,47-48H2/b30-17+,43-42+,49-35+. The topological polar surface area (TPSA) is 129 Å². The van der Waals surface area contributed by atoms with Crippen molar-refractivity contribution in [3.63, 3.8) is 0 Å². The van der Waals surface area contributed by atoms with Crippen molar-refractivity contribution in [3.8, 4) is 34.2 Å². The first-order valence-corrected chi connectivity index (χ1v) is 17.9. The van der Waals surface area contributed by atoms with E-state index in [4.69, 9.17) is 40.2 Å². The van der Waals surface area contributed by atoms with Crippen molar-refractivity contribution in [2.24, 2.45) is 16.5 Å². The van der Waals surface area contributed by atoms with Gasteiger partial charge in [0.1, 0.15) is 28.2 Å². The molecule has 8 heteroatoms. The molecule has 1 aliphatic rings. The predicted molar refractivity (Wildman–Crippen MR) is 216 cm³/mol. The van der Waals surface area contributed by atoms with E-state index in [1.807, 2.05) is 121 Å². The third-order valence-electron chi connectivity index (χ3n) is 10.0. The molecule has 1 aliphatic heterocycles. The lowest BCUT2D eigenvalue weighted by Crippen LogP contribution is -2.15. The first-order valence-electron chi connectivity index (χ1n) is 17.9. The van der Waals surface area contributed by atoms with Gasteiger partial charge in [0.25, 0.3) is 0 Å². The minimum Gasteiger partial charge on any atom is -0.456 e. The Morgan fingerprint density at radius 3 is 1.76 bits per heavy atom. The second kappa shape index (κ2) is 12.7. The van der Waals surface area contributed by atoms with Crippen LogP contribution in [0.5, 0.6) is 0 Å². The molecule has 4 N–H and O–H groups in total. The van der Waals surface area contributed by atoms with Gasteiger partial charge in [-0.05, 0) is 48.7 Å². The summed E-state index contributed by atoms with van der Waals surface area (Å²) < 4.78 is 12.6. The summed E-state index contributed by atoms with van der Waals surface area (Å²) in [5.74, 6) is 2.01. The van der Waals surface area contributed by atoms with Crippen molar-refractivity contribution < 1.29 is 8.83 Å². The molecule has 6 aromatic carbocycles. The average Bonchev–Trinajstić information content (AvgIpc) is 3.80. The Bertz CT molecular complexity index is 2950. The van der Waals surface area contributed by atoms with E-state index in [9.17, 15) is 0 Å². The molecule has 0 radical (unpaired) electrons. The van der Waals surface area contributed by atoms with Gasteiger partial charge in [-0.3, -0.25) is 0 Å². The molecule has 0 aliphatic carbocycles. The van der Waals surface area contributed by atoms with Crippen LogP contribution in [0.15, 0.2) is 171 Å². The van der Waals surface area contributed by atoms with Gasteiger partial charge >= 0.3 is 0 Å². The lowest BCUT2D eigenvalue weighted by molar-refractivity contribution is 0.668. The highest BCUT2D eigenvalue weighted by Crippen LogP contribution is 2.39. The summed E-state index contributed by atoms with van der Waals surface area (Å²) in [4.78, 5) is 19.9. The summed E-state index contributed by atoms with van der Waals surface area (Å²) >= 11 is 0. The minimum atomic E-state index is 0.269. The summed E-state index contributed by atoms with van der Waals surface area (Å²) in [5, 5.41) is 3.89. The lowest BCUT2D eigenvalue weighted by atomic mass is 9.94. The number of furan rings is 2. The van der Waals surface area contributed by atoms with Crippen LogP contribution in [-0.2, 0) is 0 Å². The molecule has 8 nitrogen and oxygen atoms in total. The van der Waals surface area contributed by atoms with E-state index in [0.29, 0.717) is 36.0 Å². The van der Waals surface area contributed by atoms with Gasteiger partial charge in [0.05, 0.1) is 11.4 Å². The van der Waals surface area contributed by atoms with Gasteiger partial charge in [-0.1, -0.05) is 115 Å². The normalized spacial score (nSPS) is 17.0. The molecule has 0 saturated heterocycles. The molecule has 3 aromatic heterocycles. The summed E-state index contributed by atoms with van der Waals surface area (Å²) in [7, 11) is 0. The van der Waals surface area contributed by atoms with E-state index in [1.54, 1.807) is 0 Å². The molecule has 0 atom stereocenters. The van der Waals surface area contributed by atoms with Crippen LogP contribution in [0.3, 0.4) is 0 Å². The van der Waals surface area contributed by atoms with Gasteiger partial charge in [-0.15, -0.1) is 0 Å². The Morgan fingerprint density at radius 1 is 0.481 bits per heavy atom. The van der Waals surface area contributed by atoms with Gasteiger partial charge in [0, 0.05) is 49.4 Å². The van der Waals surface area contributed by atoms with Crippen molar-refractivity contribution in [3.05, 3.63) is 168 Å². The quantitative estimate of drug-likeness (QED) is 0.183. The first kappa shape index (κ1) is 31.4. The Morgan fingerprint density at radius 2 is 1.06 bits per heavy atom. The molecule has 0 unspecified atom stereocenters. The number of hydrogen-bond donors (Lipinski definition) is 2. The van der Waals surface area contributed by atoms with Crippen molar-refractivity contribution >= 4 is 55.2 Å². The molecule has 0 amide bonds. The summed E-state index contributed by atoms with van der Waals surface area (Å²) in [6.07, 6.45) is 3.53. The van der Waals surface area contributed by atoms with Crippen LogP contribution in [0, 0.1) is 0 Å². The minimum absolute atomic E-state index is 0.269. The predicted octanol–water partition coefficient (Wildman–Crippen LogP) is 10.4. The molecule has 54 heavy (non-hydrogen) atoms. The molecule has 4 heterocycles. The number of rotatable bonds is 5. The fraction of sp³-hybridized carbons (Fsp3) is 0.0435. The van der Waals surface area contributed by atoms with Crippen LogP contribution in [0.4, 0.5) is 0 Å². The van der Waals surface area contributed by atoms with E-state index in [-0.39, 0.29) is 5.82 Å². The van der Waals surface area contributed by atoms with Crippen molar-refractivity contribution in [1.82, 2.24) is 15.0 Å². The van der Waals surface area contributed by atoms with Crippen LogP contribution < -0.4 is 11.5 Å². The largest absolute Gasteiger partial charge is 0.456 e. The highest BCUT2D eigenvalue weighted by Gasteiger charge is 2.21. The highest BCUT2D eigenvalue weighted by atomic mass is 16.3. The third-order valence-corrected chi connectivity index (χ3v) is 10.0. The highest BCUT2D eigenvalue weighted by molar-refractivity contribution is 6.19. The zero-order valence-electron chi connectivity index (χ0n) is 29.0. The second-order valence-electron chi connectivity index (χ2n) is 13.3. The Hall–Kier alpha value is -7.32. The first-order chi connectivity index (χ1) is 26.6. The maximum absolute atomic E-state index is 6.85. The zero-order valence-corrected chi connectivity index (χ0v) is 29.0. The second-order valence-corrected chi connectivity index (χ2v) is 13.3. The molecular weight excluding hydrogens is 669 g/mol. The lowest BCUT2D eigenvalue weighted by Gasteiger charge is -2.16.